The van der Waals surface area contributed by atoms with Crippen LogP contribution in [-0.4, -0.2) is 4.57 Å². The molecular formula is C11H11FN2. The van der Waals surface area contributed by atoms with Gasteiger partial charge in [-0.05, 0) is 29.8 Å². The van der Waals surface area contributed by atoms with Gasteiger partial charge in [0.2, 0.25) is 0 Å². The van der Waals surface area contributed by atoms with Gasteiger partial charge in [0, 0.05) is 18.9 Å². The molecule has 2 aromatic rings. The molecule has 1 aromatic heterocycles. The van der Waals surface area contributed by atoms with Crippen LogP contribution in [0.3, 0.4) is 0 Å². The molecule has 2 rings (SSSR count). The van der Waals surface area contributed by atoms with Crippen LogP contribution in [0.5, 0.6) is 0 Å². The molecule has 0 radical (unpaired) electrons. The van der Waals surface area contributed by atoms with Gasteiger partial charge in [-0.2, -0.15) is 0 Å². The van der Waals surface area contributed by atoms with E-state index in [4.69, 9.17) is 5.73 Å². The summed E-state index contributed by atoms with van der Waals surface area (Å²) in [4.78, 5) is 0. The molecule has 0 aliphatic rings. The number of aromatic nitrogens is 1. The Labute approximate surface area is 81.8 Å². The molecule has 72 valence electrons. The lowest BCUT2D eigenvalue weighted by Crippen LogP contribution is -2.03. The fraction of sp³-hybridized carbons (Fsp3) is 0.0909. The summed E-state index contributed by atoms with van der Waals surface area (Å²) < 4.78 is 14.9. The number of hydrogen-bond donors (Lipinski definition) is 1. The molecule has 3 heteroatoms. The first-order valence-electron chi connectivity index (χ1n) is 4.43. The summed E-state index contributed by atoms with van der Waals surface area (Å²) in [6.07, 6.45) is 3.74. The first-order valence-corrected chi connectivity index (χ1v) is 4.43. The van der Waals surface area contributed by atoms with Crippen LogP contribution < -0.4 is 5.73 Å². The molecule has 0 amide bonds. The molecule has 0 spiro atoms. The number of rotatable bonds is 2. The van der Waals surface area contributed by atoms with Gasteiger partial charge in [-0.25, -0.2) is 4.39 Å². The summed E-state index contributed by atoms with van der Waals surface area (Å²) in [7, 11) is 0. The van der Waals surface area contributed by atoms with Crippen LogP contribution in [0, 0.1) is 5.82 Å². The maximum Gasteiger partial charge on any atom is 0.125 e. The molecule has 0 bridgehead atoms. The molecule has 0 saturated heterocycles. The van der Waals surface area contributed by atoms with E-state index in [9.17, 15) is 4.39 Å². The molecule has 1 heterocycles. The minimum Gasteiger partial charge on any atom is -0.326 e. The van der Waals surface area contributed by atoms with Gasteiger partial charge in [0.1, 0.15) is 5.82 Å². The van der Waals surface area contributed by atoms with E-state index in [0.29, 0.717) is 6.54 Å². The maximum absolute atomic E-state index is 13.0. The lowest BCUT2D eigenvalue weighted by Gasteiger charge is -2.08. The summed E-state index contributed by atoms with van der Waals surface area (Å²) >= 11 is 0. The van der Waals surface area contributed by atoms with Crippen molar-refractivity contribution < 1.29 is 4.39 Å². The average Bonchev–Trinajstić information content (AvgIpc) is 2.70. The van der Waals surface area contributed by atoms with E-state index in [1.165, 1.54) is 12.1 Å². The van der Waals surface area contributed by atoms with E-state index in [1.54, 1.807) is 6.07 Å². The van der Waals surface area contributed by atoms with Crippen molar-refractivity contribution in [2.24, 2.45) is 5.73 Å². The van der Waals surface area contributed by atoms with Crippen molar-refractivity contribution in [1.29, 1.82) is 0 Å². The number of nitrogens with zero attached hydrogens (tertiary/aromatic N) is 1. The van der Waals surface area contributed by atoms with E-state index in [2.05, 4.69) is 0 Å². The van der Waals surface area contributed by atoms with Crippen LogP contribution in [-0.2, 0) is 6.54 Å². The van der Waals surface area contributed by atoms with Gasteiger partial charge in [-0.1, -0.05) is 6.07 Å². The zero-order valence-corrected chi connectivity index (χ0v) is 7.65. The van der Waals surface area contributed by atoms with E-state index >= 15 is 0 Å². The zero-order chi connectivity index (χ0) is 9.97. The van der Waals surface area contributed by atoms with E-state index in [0.717, 1.165) is 11.3 Å². The van der Waals surface area contributed by atoms with Gasteiger partial charge in [-0.15, -0.1) is 0 Å². The smallest absolute Gasteiger partial charge is 0.125 e. The first-order chi connectivity index (χ1) is 6.81. The summed E-state index contributed by atoms with van der Waals surface area (Å²) in [5, 5.41) is 0. The molecule has 2 N–H and O–H groups in total. The van der Waals surface area contributed by atoms with Gasteiger partial charge in [0.05, 0.1) is 5.69 Å². The molecule has 1 aromatic carbocycles. The monoisotopic (exact) mass is 190 g/mol. The van der Waals surface area contributed by atoms with Crippen LogP contribution in [0.4, 0.5) is 4.39 Å². The minimum absolute atomic E-state index is 0.245. The third-order valence-electron chi connectivity index (χ3n) is 2.15. The van der Waals surface area contributed by atoms with E-state index in [-0.39, 0.29) is 5.82 Å². The lowest BCUT2D eigenvalue weighted by molar-refractivity contribution is 0.625. The van der Waals surface area contributed by atoms with Gasteiger partial charge in [-0.3, -0.25) is 0 Å². The summed E-state index contributed by atoms with van der Waals surface area (Å²) in [6, 6.07) is 8.42. The second kappa shape index (κ2) is 3.64. The number of nitrogens with two attached hydrogens (primary N) is 1. The third-order valence-corrected chi connectivity index (χ3v) is 2.15. The van der Waals surface area contributed by atoms with Crippen LogP contribution in [0.1, 0.15) is 5.56 Å². The molecule has 0 unspecified atom stereocenters. The molecular weight excluding hydrogens is 179 g/mol. The number of benzene rings is 1. The fourth-order valence-corrected chi connectivity index (χ4v) is 1.45. The predicted octanol–water partition coefficient (Wildman–Crippen LogP) is 2.08. The summed E-state index contributed by atoms with van der Waals surface area (Å²) in [5.74, 6) is -0.245. The molecule has 0 saturated carbocycles. The van der Waals surface area contributed by atoms with Crippen LogP contribution >= 0.6 is 0 Å². The van der Waals surface area contributed by atoms with Gasteiger partial charge < -0.3 is 10.3 Å². The Hall–Kier alpha value is -1.61. The predicted molar refractivity (Wildman–Crippen MR) is 53.6 cm³/mol. The minimum atomic E-state index is -0.245. The Morgan fingerprint density at radius 1 is 1.21 bits per heavy atom. The highest BCUT2D eigenvalue weighted by molar-refractivity contribution is 5.41. The highest BCUT2D eigenvalue weighted by Gasteiger charge is 2.03. The van der Waals surface area contributed by atoms with Crippen molar-refractivity contribution in [2.75, 3.05) is 0 Å². The first kappa shape index (κ1) is 8.97. The quantitative estimate of drug-likeness (QED) is 0.772. The summed E-state index contributed by atoms with van der Waals surface area (Å²) in [5.41, 5.74) is 7.31. The maximum atomic E-state index is 13.0. The SMILES string of the molecule is NCc1ccc(F)cc1-n1cccc1. The molecule has 14 heavy (non-hydrogen) atoms. The molecule has 0 atom stereocenters. The zero-order valence-electron chi connectivity index (χ0n) is 7.65. The van der Waals surface area contributed by atoms with Crippen molar-refractivity contribution >= 4 is 0 Å². The number of halogens is 1. The fourth-order valence-electron chi connectivity index (χ4n) is 1.45. The molecule has 0 aliphatic carbocycles. The Kier molecular flexibility index (Phi) is 2.33. The van der Waals surface area contributed by atoms with Crippen LogP contribution in [0.25, 0.3) is 5.69 Å². The highest BCUT2D eigenvalue weighted by atomic mass is 19.1. The van der Waals surface area contributed by atoms with Gasteiger partial charge in [0.25, 0.3) is 0 Å². The average molecular weight is 190 g/mol. The Balaban J connectivity index is 2.55. The third kappa shape index (κ3) is 1.54. The van der Waals surface area contributed by atoms with Gasteiger partial charge >= 0.3 is 0 Å². The topological polar surface area (TPSA) is 30.9 Å². The van der Waals surface area contributed by atoms with Crippen molar-refractivity contribution in [3.63, 3.8) is 0 Å². The highest BCUT2D eigenvalue weighted by Crippen LogP contribution is 2.15. The number of hydrogen-bond acceptors (Lipinski definition) is 1. The second-order valence-corrected chi connectivity index (χ2v) is 3.07. The molecule has 0 fully saturated rings. The van der Waals surface area contributed by atoms with Crippen LogP contribution in [0.15, 0.2) is 42.7 Å². The van der Waals surface area contributed by atoms with Gasteiger partial charge in [0.15, 0.2) is 0 Å². The standard InChI is InChI=1S/C11H11FN2/c12-10-4-3-9(8-13)11(7-10)14-5-1-2-6-14/h1-7H,8,13H2. The second-order valence-electron chi connectivity index (χ2n) is 3.07. The van der Waals surface area contributed by atoms with Crippen molar-refractivity contribution in [3.8, 4) is 5.69 Å². The summed E-state index contributed by atoms with van der Waals surface area (Å²) in [6.45, 7) is 0.411. The normalized spacial score (nSPS) is 10.4. The molecule has 0 aliphatic heterocycles. The van der Waals surface area contributed by atoms with Crippen molar-refractivity contribution in [3.05, 3.63) is 54.1 Å². The van der Waals surface area contributed by atoms with E-state index < -0.39 is 0 Å². The Morgan fingerprint density at radius 2 is 1.93 bits per heavy atom. The largest absolute Gasteiger partial charge is 0.326 e. The Bertz CT molecular complexity index is 421. The van der Waals surface area contributed by atoms with E-state index in [1.807, 2.05) is 29.1 Å². The lowest BCUT2D eigenvalue weighted by atomic mass is 10.1. The Morgan fingerprint density at radius 3 is 2.57 bits per heavy atom. The molecule has 2 nitrogen and oxygen atoms in total. The van der Waals surface area contributed by atoms with Crippen molar-refractivity contribution in [2.45, 2.75) is 6.54 Å². The van der Waals surface area contributed by atoms with Crippen molar-refractivity contribution in [1.82, 2.24) is 4.57 Å². The van der Waals surface area contributed by atoms with Crippen LogP contribution in [0.2, 0.25) is 0 Å².